The van der Waals surface area contributed by atoms with Crippen LogP contribution in [0.25, 0.3) is 0 Å². The Kier molecular flexibility index (Phi) is 3.45. The van der Waals surface area contributed by atoms with Gasteiger partial charge in [0.2, 0.25) is 0 Å². The van der Waals surface area contributed by atoms with E-state index in [1.54, 1.807) is 6.33 Å². The zero-order chi connectivity index (χ0) is 14.3. The lowest BCUT2D eigenvalue weighted by molar-refractivity contribution is 0.457. The Labute approximate surface area is 116 Å². The third-order valence-corrected chi connectivity index (χ3v) is 4.98. The highest BCUT2D eigenvalue weighted by atomic mass is 15.1. The molecule has 0 aromatic carbocycles. The summed E-state index contributed by atoms with van der Waals surface area (Å²) in [6, 6.07) is 0.468. The molecule has 0 aliphatic heterocycles. The lowest BCUT2D eigenvalue weighted by Gasteiger charge is -2.14. The van der Waals surface area contributed by atoms with Crippen LogP contribution in [0.3, 0.4) is 0 Å². The molecule has 4 heteroatoms. The molecule has 1 aromatic heterocycles. The van der Waals surface area contributed by atoms with Crippen molar-refractivity contribution >= 4 is 11.6 Å². The maximum atomic E-state index is 4.45. The number of nitrogens with zero attached hydrogens (tertiary/aromatic N) is 2. The molecule has 1 fully saturated rings. The van der Waals surface area contributed by atoms with Crippen molar-refractivity contribution < 1.29 is 0 Å². The molecule has 1 aliphatic rings. The van der Waals surface area contributed by atoms with Crippen LogP contribution < -0.4 is 10.6 Å². The summed E-state index contributed by atoms with van der Waals surface area (Å²) in [7, 11) is 1.91. The van der Waals surface area contributed by atoms with Crippen molar-refractivity contribution in [3.63, 3.8) is 0 Å². The van der Waals surface area contributed by atoms with Crippen molar-refractivity contribution in [1.82, 2.24) is 9.97 Å². The van der Waals surface area contributed by atoms with Crippen LogP contribution in [0.1, 0.15) is 46.6 Å². The Hall–Kier alpha value is -1.32. The van der Waals surface area contributed by atoms with Crippen molar-refractivity contribution in [3.8, 4) is 0 Å². The summed E-state index contributed by atoms with van der Waals surface area (Å²) in [5, 5.41) is 6.80. The van der Waals surface area contributed by atoms with Crippen LogP contribution in [-0.4, -0.2) is 23.1 Å². The molecule has 0 atom stereocenters. The van der Waals surface area contributed by atoms with E-state index in [1.165, 1.54) is 5.56 Å². The number of hydrogen-bond donors (Lipinski definition) is 2. The first-order valence-electron chi connectivity index (χ1n) is 7.14. The van der Waals surface area contributed by atoms with Gasteiger partial charge in [0.25, 0.3) is 0 Å². The number of anilines is 2. The minimum absolute atomic E-state index is 0.307. The molecule has 0 bridgehead atoms. The second-order valence-electron chi connectivity index (χ2n) is 6.57. The third-order valence-electron chi connectivity index (χ3n) is 4.98. The molecule has 1 heterocycles. The molecular formula is C15H26N4. The SMILES string of the molecule is CCCc1c(NC)ncnc1NC1C(C)(C)C1(C)C. The van der Waals surface area contributed by atoms with Crippen LogP contribution in [0.5, 0.6) is 0 Å². The summed E-state index contributed by atoms with van der Waals surface area (Å²) in [6.07, 6.45) is 3.72. The van der Waals surface area contributed by atoms with Gasteiger partial charge in [0.15, 0.2) is 0 Å². The first kappa shape index (κ1) is 14.1. The van der Waals surface area contributed by atoms with Gasteiger partial charge in [-0.3, -0.25) is 0 Å². The quantitative estimate of drug-likeness (QED) is 0.854. The Morgan fingerprint density at radius 2 is 1.68 bits per heavy atom. The standard InChI is InChI=1S/C15H26N4/c1-7-8-10-11(16-6)17-9-18-12(10)19-13-14(2,3)15(13,4)5/h9,13H,7-8H2,1-6H3,(H2,16,17,18,19). The Bertz CT molecular complexity index is 451. The molecule has 0 saturated heterocycles. The van der Waals surface area contributed by atoms with Crippen molar-refractivity contribution in [2.75, 3.05) is 17.7 Å². The Balaban J connectivity index is 2.26. The Morgan fingerprint density at radius 3 is 2.16 bits per heavy atom. The zero-order valence-corrected chi connectivity index (χ0v) is 13.0. The van der Waals surface area contributed by atoms with E-state index in [1.807, 2.05) is 7.05 Å². The number of nitrogens with one attached hydrogen (secondary N) is 2. The van der Waals surface area contributed by atoms with Gasteiger partial charge in [0, 0.05) is 18.7 Å². The highest BCUT2D eigenvalue weighted by Crippen LogP contribution is 2.63. The molecular weight excluding hydrogens is 236 g/mol. The van der Waals surface area contributed by atoms with Crippen LogP contribution in [0.15, 0.2) is 6.33 Å². The minimum Gasteiger partial charge on any atom is -0.373 e. The van der Waals surface area contributed by atoms with Crippen LogP contribution in [0.2, 0.25) is 0 Å². The van der Waals surface area contributed by atoms with Gasteiger partial charge in [-0.1, -0.05) is 41.0 Å². The predicted molar refractivity (Wildman–Crippen MR) is 80.5 cm³/mol. The average molecular weight is 262 g/mol. The van der Waals surface area contributed by atoms with E-state index in [2.05, 4.69) is 55.2 Å². The van der Waals surface area contributed by atoms with Gasteiger partial charge >= 0.3 is 0 Å². The van der Waals surface area contributed by atoms with Gasteiger partial charge in [-0.2, -0.15) is 0 Å². The second kappa shape index (κ2) is 4.66. The fourth-order valence-corrected chi connectivity index (χ4v) is 2.93. The van der Waals surface area contributed by atoms with Crippen LogP contribution in [0.4, 0.5) is 11.6 Å². The van der Waals surface area contributed by atoms with Crippen molar-refractivity contribution in [3.05, 3.63) is 11.9 Å². The van der Waals surface area contributed by atoms with E-state index in [0.29, 0.717) is 16.9 Å². The Morgan fingerprint density at radius 1 is 1.11 bits per heavy atom. The fourth-order valence-electron chi connectivity index (χ4n) is 2.93. The molecule has 106 valence electrons. The van der Waals surface area contributed by atoms with Crippen molar-refractivity contribution in [2.24, 2.45) is 10.8 Å². The lowest BCUT2D eigenvalue weighted by atomic mass is 10.0. The van der Waals surface area contributed by atoms with E-state index in [4.69, 9.17) is 0 Å². The molecule has 4 nitrogen and oxygen atoms in total. The van der Waals surface area contributed by atoms with E-state index in [9.17, 15) is 0 Å². The molecule has 0 unspecified atom stereocenters. The summed E-state index contributed by atoms with van der Waals surface area (Å²) in [5.74, 6) is 1.93. The second-order valence-corrected chi connectivity index (χ2v) is 6.57. The van der Waals surface area contributed by atoms with Crippen LogP contribution >= 0.6 is 0 Å². The van der Waals surface area contributed by atoms with Gasteiger partial charge in [-0.05, 0) is 17.3 Å². The van der Waals surface area contributed by atoms with Gasteiger partial charge in [0.05, 0.1) is 0 Å². The van der Waals surface area contributed by atoms with Gasteiger partial charge in [0.1, 0.15) is 18.0 Å². The third kappa shape index (κ3) is 2.17. The van der Waals surface area contributed by atoms with Gasteiger partial charge in [-0.25, -0.2) is 9.97 Å². The van der Waals surface area contributed by atoms with Crippen LogP contribution in [-0.2, 0) is 6.42 Å². The first-order chi connectivity index (χ1) is 8.86. The summed E-state index contributed by atoms with van der Waals surface area (Å²) in [4.78, 5) is 8.77. The largest absolute Gasteiger partial charge is 0.373 e. The highest BCUT2D eigenvalue weighted by molar-refractivity contribution is 5.59. The lowest BCUT2D eigenvalue weighted by Crippen LogP contribution is -2.14. The fraction of sp³-hybridized carbons (Fsp3) is 0.733. The van der Waals surface area contributed by atoms with Gasteiger partial charge in [-0.15, -0.1) is 0 Å². The summed E-state index contributed by atoms with van der Waals surface area (Å²) < 4.78 is 0. The number of aromatic nitrogens is 2. The average Bonchev–Trinajstić information content (AvgIpc) is 2.74. The van der Waals surface area contributed by atoms with Crippen molar-refractivity contribution in [1.29, 1.82) is 0 Å². The maximum Gasteiger partial charge on any atom is 0.134 e. The molecule has 2 N–H and O–H groups in total. The maximum absolute atomic E-state index is 4.45. The van der Waals surface area contributed by atoms with E-state index >= 15 is 0 Å². The normalized spacial score (nSPS) is 20.1. The number of rotatable bonds is 5. The van der Waals surface area contributed by atoms with Crippen molar-refractivity contribution in [2.45, 2.75) is 53.5 Å². The highest BCUT2D eigenvalue weighted by Gasteiger charge is 2.65. The monoisotopic (exact) mass is 262 g/mol. The minimum atomic E-state index is 0.307. The summed E-state index contributed by atoms with van der Waals surface area (Å²) in [5.41, 5.74) is 1.81. The predicted octanol–water partition coefficient (Wildman–Crippen LogP) is 3.32. The molecule has 0 amide bonds. The first-order valence-corrected chi connectivity index (χ1v) is 7.14. The topological polar surface area (TPSA) is 49.8 Å². The van der Waals surface area contributed by atoms with E-state index < -0.39 is 0 Å². The zero-order valence-electron chi connectivity index (χ0n) is 13.0. The smallest absolute Gasteiger partial charge is 0.134 e. The summed E-state index contributed by atoms with van der Waals surface area (Å²) in [6.45, 7) is 11.4. The number of hydrogen-bond acceptors (Lipinski definition) is 4. The van der Waals surface area contributed by atoms with Gasteiger partial charge < -0.3 is 10.6 Å². The molecule has 0 spiro atoms. The summed E-state index contributed by atoms with van der Waals surface area (Å²) >= 11 is 0. The molecule has 1 aliphatic carbocycles. The molecule has 0 radical (unpaired) electrons. The van der Waals surface area contributed by atoms with E-state index in [-0.39, 0.29) is 0 Å². The van der Waals surface area contributed by atoms with Crippen LogP contribution in [0, 0.1) is 10.8 Å². The molecule has 1 aromatic rings. The van der Waals surface area contributed by atoms with E-state index in [0.717, 1.165) is 24.5 Å². The molecule has 1 saturated carbocycles. The molecule has 2 rings (SSSR count). The molecule has 19 heavy (non-hydrogen) atoms.